The van der Waals surface area contributed by atoms with E-state index in [4.69, 9.17) is 5.41 Å². The maximum Gasteiger partial charge on any atom is 0.270 e. The molecule has 0 saturated carbocycles. The van der Waals surface area contributed by atoms with E-state index in [1.54, 1.807) is 13.0 Å². The van der Waals surface area contributed by atoms with Crippen molar-refractivity contribution in [2.24, 2.45) is 0 Å². The first-order chi connectivity index (χ1) is 8.06. The summed E-state index contributed by atoms with van der Waals surface area (Å²) in [4.78, 5) is 10.1. The van der Waals surface area contributed by atoms with Gasteiger partial charge in [-0.2, -0.15) is 0 Å². The van der Waals surface area contributed by atoms with Gasteiger partial charge in [0.1, 0.15) is 4.62 Å². The Morgan fingerprint density at radius 1 is 1.65 bits per heavy atom. The van der Waals surface area contributed by atoms with Crippen molar-refractivity contribution in [2.45, 2.75) is 6.92 Å². The third-order valence-electron chi connectivity index (χ3n) is 1.99. The largest absolute Gasteiger partial charge is 0.374 e. The van der Waals surface area contributed by atoms with Gasteiger partial charge in [0, 0.05) is 23.4 Å². The van der Waals surface area contributed by atoms with Gasteiger partial charge in [-0.3, -0.25) is 15.5 Å². The Morgan fingerprint density at radius 2 is 2.35 bits per heavy atom. The van der Waals surface area contributed by atoms with Gasteiger partial charge in [-0.25, -0.2) is 0 Å². The number of halogens is 1. The van der Waals surface area contributed by atoms with Crippen molar-refractivity contribution in [1.82, 2.24) is 0 Å². The lowest BCUT2D eigenvalue weighted by molar-refractivity contribution is -0.384. The highest BCUT2D eigenvalue weighted by Crippen LogP contribution is 2.23. The topological polar surface area (TPSA) is 79.0 Å². The predicted molar refractivity (Wildman–Crippen MR) is 70.8 cm³/mol. The van der Waals surface area contributed by atoms with Crippen LogP contribution in [-0.2, 0) is 0 Å². The number of anilines is 1. The number of nitrogens with one attached hydrogen (secondary N) is 2. The molecular weight excluding hydrogens is 286 g/mol. The molecule has 88 valence electrons. The molecule has 1 rings (SSSR count). The summed E-state index contributed by atoms with van der Waals surface area (Å²) in [7, 11) is 0. The molecule has 0 aromatic heterocycles. The predicted octanol–water partition coefficient (Wildman–Crippen LogP) is 2.75. The van der Waals surface area contributed by atoms with Crippen molar-refractivity contribution >= 4 is 31.9 Å². The number of hydrogen-bond acceptors (Lipinski definition) is 4. The first-order valence-corrected chi connectivity index (χ1v) is 5.52. The van der Waals surface area contributed by atoms with Crippen molar-refractivity contribution in [1.29, 1.82) is 5.41 Å². The number of hydrogen-bond donors (Lipinski definition) is 2. The summed E-state index contributed by atoms with van der Waals surface area (Å²) in [6.07, 6.45) is 0. The van der Waals surface area contributed by atoms with E-state index in [-0.39, 0.29) is 10.3 Å². The minimum absolute atomic E-state index is 0.0451. The van der Waals surface area contributed by atoms with Crippen molar-refractivity contribution in [3.05, 3.63) is 33.9 Å². The summed E-state index contributed by atoms with van der Waals surface area (Å²) in [6.45, 7) is 2.16. The SMILES string of the molecule is CC#CCNc1ccc([N+](=O)[O-])cc1C(=N)Br. The van der Waals surface area contributed by atoms with Crippen LogP contribution in [0.2, 0.25) is 0 Å². The molecule has 1 aromatic rings. The van der Waals surface area contributed by atoms with Crippen LogP contribution in [0.1, 0.15) is 12.5 Å². The second kappa shape index (κ2) is 6.01. The maximum absolute atomic E-state index is 10.6. The minimum atomic E-state index is -0.491. The van der Waals surface area contributed by atoms with E-state index in [9.17, 15) is 10.1 Å². The average Bonchev–Trinajstić information content (AvgIpc) is 2.29. The quantitative estimate of drug-likeness (QED) is 0.388. The van der Waals surface area contributed by atoms with Crippen LogP contribution in [0, 0.1) is 27.4 Å². The van der Waals surface area contributed by atoms with Gasteiger partial charge in [-0.15, -0.1) is 5.92 Å². The van der Waals surface area contributed by atoms with Gasteiger partial charge in [-0.1, -0.05) is 5.92 Å². The third kappa shape index (κ3) is 3.57. The lowest BCUT2D eigenvalue weighted by atomic mass is 10.1. The highest BCUT2D eigenvalue weighted by Gasteiger charge is 2.12. The highest BCUT2D eigenvalue weighted by molar-refractivity contribution is 9.18. The van der Waals surface area contributed by atoms with E-state index >= 15 is 0 Å². The molecule has 0 amide bonds. The molecule has 0 saturated heterocycles. The summed E-state index contributed by atoms with van der Waals surface area (Å²) in [5.41, 5.74) is 1.04. The first kappa shape index (κ1) is 13.2. The lowest BCUT2D eigenvalue weighted by Gasteiger charge is -2.07. The van der Waals surface area contributed by atoms with Crippen LogP contribution in [0.5, 0.6) is 0 Å². The van der Waals surface area contributed by atoms with Gasteiger partial charge < -0.3 is 5.32 Å². The van der Waals surface area contributed by atoms with Crippen LogP contribution in [0.3, 0.4) is 0 Å². The summed E-state index contributed by atoms with van der Waals surface area (Å²) >= 11 is 3.01. The van der Waals surface area contributed by atoms with Gasteiger partial charge in [0.25, 0.3) is 5.69 Å². The summed E-state index contributed by atoms with van der Waals surface area (Å²) in [6, 6.07) is 4.31. The summed E-state index contributed by atoms with van der Waals surface area (Å²) in [5.74, 6) is 5.55. The highest BCUT2D eigenvalue weighted by atomic mass is 79.9. The molecule has 1 aromatic carbocycles. The van der Waals surface area contributed by atoms with E-state index in [1.165, 1.54) is 12.1 Å². The number of rotatable bonds is 4. The van der Waals surface area contributed by atoms with Crippen LogP contribution in [0.15, 0.2) is 18.2 Å². The van der Waals surface area contributed by atoms with Crippen LogP contribution >= 0.6 is 15.9 Å². The minimum Gasteiger partial charge on any atom is -0.374 e. The number of nitrogens with zero attached hydrogens (tertiary/aromatic N) is 1. The Hall–Kier alpha value is -1.87. The van der Waals surface area contributed by atoms with Gasteiger partial charge in [0.05, 0.1) is 11.5 Å². The summed E-state index contributed by atoms with van der Waals surface area (Å²) in [5, 5.41) is 21.1. The number of nitro benzene ring substituents is 1. The van der Waals surface area contributed by atoms with Crippen LogP contribution in [-0.4, -0.2) is 16.1 Å². The van der Waals surface area contributed by atoms with E-state index in [0.717, 1.165) is 0 Å². The number of nitro groups is 1. The average molecular weight is 296 g/mol. The smallest absolute Gasteiger partial charge is 0.270 e. The second-order valence-electron chi connectivity index (χ2n) is 3.08. The molecule has 0 spiro atoms. The zero-order chi connectivity index (χ0) is 12.8. The molecule has 0 radical (unpaired) electrons. The molecule has 0 bridgehead atoms. The number of non-ortho nitro benzene ring substituents is 1. The van der Waals surface area contributed by atoms with Crippen molar-refractivity contribution in [3.63, 3.8) is 0 Å². The van der Waals surface area contributed by atoms with Crippen molar-refractivity contribution < 1.29 is 4.92 Å². The third-order valence-corrected chi connectivity index (χ3v) is 2.42. The molecule has 0 atom stereocenters. The van der Waals surface area contributed by atoms with Gasteiger partial charge in [0.2, 0.25) is 0 Å². The van der Waals surface area contributed by atoms with Crippen molar-refractivity contribution in [3.8, 4) is 11.8 Å². The van der Waals surface area contributed by atoms with Gasteiger partial charge in [-0.05, 0) is 28.9 Å². The maximum atomic E-state index is 10.6. The van der Waals surface area contributed by atoms with Crippen LogP contribution in [0.25, 0.3) is 0 Å². The summed E-state index contributed by atoms with van der Waals surface area (Å²) < 4.78 is 0.0909. The molecule has 2 N–H and O–H groups in total. The van der Waals surface area contributed by atoms with Crippen molar-refractivity contribution in [2.75, 3.05) is 11.9 Å². The second-order valence-corrected chi connectivity index (χ2v) is 3.87. The Bertz CT molecular complexity index is 517. The number of benzene rings is 1. The fraction of sp³-hybridized carbons (Fsp3) is 0.182. The molecule has 0 aliphatic heterocycles. The van der Waals surface area contributed by atoms with E-state index in [2.05, 4.69) is 33.1 Å². The molecule has 0 fully saturated rings. The zero-order valence-corrected chi connectivity index (χ0v) is 10.7. The molecule has 0 aliphatic carbocycles. The fourth-order valence-electron chi connectivity index (χ4n) is 1.21. The van der Waals surface area contributed by atoms with E-state index in [0.29, 0.717) is 17.8 Å². The molecule has 17 heavy (non-hydrogen) atoms. The normalized spacial score (nSPS) is 9.06. The lowest BCUT2D eigenvalue weighted by Crippen LogP contribution is -2.04. The first-order valence-electron chi connectivity index (χ1n) is 4.72. The monoisotopic (exact) mass is 295 g/mol. The fourth-order valence-corrected chi connectivity index (χ4v) is 1.54. The molecule has 6 heteroatoms. The molecule has 0 aliphatic rings. The molecule has 5 nitrogen and oxygen atoms in total. The van der Waals surface area contributed by atoms with Crippen LogP contribution < -0.4 is 5.32 Å². The Kier molecular flexibility index (Phi) is 4.67. The Balaban J connectivity index is 3.07. The standard InChI is InChI=1S/C11H10BrN3O2/c1-2-3-6-14-10-5-4-8(15(16)17)7-9(10)11(12)13/h4-5,7,13-14H,6H2,1H3. The molecular formula is C11H10BrN3O2. The van der Waals surface area contributed by atoms with Gasteiger partial charge in [0.15, 0.2) is 0 Å². The zero-order valence-electron chi connectivity index (χ0n) is 9.08. The Morgan fingerprint density at radius 3 is 2.88 bits per heavy atom. The molecule has 0 heterocycles. The Labute approximate surface area is 107 Å². The van der Waals surface area contributed by atoms with E-state index < -0.39 is 4.92 Å². The van der Waals surface area contributed by atoms with Crippen LogP contribution in [0.4, 0.5) is 11.4 Å². The van der Waals surface area contributed by atoms with Gasteiger partial charge >= 0.3 is 0 Å². The molecule has 0 unspecified atom stereocenters. The van der Waals surface area contributed by atoms with E-state index in [1.807, 2.05) is 0 Å².